The highest BCUT2D eigenvalue weighted by molar-refractivity contribution is 6.30. The van der Waals surface area contributed by atoms with Crippen LogP contribution in [0.2, 0.25) is 5.02 Å². The van der Waals surface area contributed by atoms with Crippen LogP contribution in [-0.2, 0) is 4.79 Å². The molecule has 0 saturated heterocycles. The number of methoxy groups -OCH3 is 1. The number of carbonyl (C=O) groups is 2. The van der Waals surface area contributed by atoms with E-state index in [-0.39, 0.29) is 28.2 Å². The van der Waals surface area contributed by atoms with Crippen molar-refractivity contribution in [1.82, 2.24) is 5.32 Å². The standard InChI is InChI=1S/C17H23ClFN.C12H16N2O3.C7H7F.2C2H6/c1-12(10-17(2,3)4)8-9-13(11-20)14-6-5-7-15(18)16(14)19;1-8(2)14-12(16)9-4-5-10(13-7-15)11(6-9)17-3;1-6-4-2-3-5-7(6)8;2*1-2/h5-7,12-13H,8-10H2,1-4H3;4-8H,1-3H3,(H,13,15)(H,14,16);2-5H,1H3;2*1-2H3. The first-order valence-electron chi connectivity index (χ1n) is 16.9. The van der Waals surface area contributed by atoms with Crippen molar-refractivity contribution in [3.05, 3.63) is 94.0 Å². The van der Waals surface area contributed by atoms with Crippen molar-refractivity contribution in [2.24, 2.45) is 11.3 Å². The molecule has 0 radical (unpaired) electrons. The third kappa shape index (κ3) is 19.6. The first kappa shape index (κ1) is 47.2. The van der Waals surface area contributed by atoms with Gasteiger partial charge < -0.3 is 15.4 Å². The molecular weight excluding hydrogens is 644 g/mol. The summed E-state index contributed by atoms with van der Waals surface area (Å²) < 4.78 is 31.4. The van der Waals surface area contributed by atoms with Crippen LogP contribution in [0.15, 0.2) is 60.7 Å². The maximum Gasteiger partial charge on any atom is 0.251 e. The van der Waals surface area contributed by atoms with Gasteiger partial charge in [0.05, 0.1) is 29.8 Å². The number of anilines is 1. The van der Waals surface area contributed by atoms with E-state index in [1.54, 1.807) is 49.4 Å². The number of aryl methyl sites for hydroxylation is 1. The minimum atomic E-state index is -0.454. The van der Waals surface area contributed by atoms with Crippen LogP contribution in [0, 0.1) is 41.2 Å². The number of halogens is 3. The average molecular weight is 702 g/mol. The lowest BCUT2D eigenvalue weighted by atomic mass is 9.82. The number of benzene rings is 3. The molecule has 2 amide bonds. The predicted molar refractivity (Wildman–Crippen MR) is 201 cm³/mol. The molecule has 9 heteroatoms. The van der Waals surface area contributed by atoms with Crippen molar-refractivity contribution >= 4 is 29.6 Å². The van der Waals surface area contributed by atoms with Gasteiger partial charge in [0.15, 0.2) is 0 Å². The van der Waals surface area contributed by atoms with E-state index in [0.29, 0.717) is 46.9 Å². The minimum Gasteiger partial charge on any atom is -0.495 e. The second-order valence-electron chi connectivity index (χ2n) is 12.3. The Balaban J connectivity index is 0. The summed E-state index contributed by atoms with van der Waals surface area (Å²) in [5, 5.41) is 14.6. The van der Waals surface area contributed by atoms with E-state index < -0.39 is 11.7 Å². The largest absolute Gasteiger partial charge is 0.495 e. The maximum atomic E-state index is 14.0. The van der Waals surface area contributed by atoms with Gasteiger partial charge in [-0.05, 0) is 87.3 Å². The molecule has 0 aliphatic carbocycles. The SMILES string of the molecule is CC.CC.CC(CCC(C#N)c1cccc(Cl)c1F)CC(C)(C)C.COc1cc(C(=O)NC(C)C)ccc1NC=O.Cc1ccccc1F. The fourth-order valence-electron chi connectivity index (χ4n) is 4.59. The molecule has 0 bridgehead atoms. The monoisotopic (exact) mass is 701 g/mol. The van der Waals surface area contributed by atoms with Crippen molar-refractivity contribution in [3.8, 4) is 11.8 Å². The van der Waals surface area contributed by atoms with E-state index in [1.807, 2.05) is 47.6 Å². The first-order chi connectivity index (χ1) is 23.1. The van der Waals surface area contributed by atoms with Crippen molar-refractivity contribution in [1.29, 1.82) is 5.26 Å². The van der Waals surface area contributed by atoms with Crippen LogP contribution >= 0.6 is 11.6 Å². The van der Waals surface area contributed by atoms with Crippen LogP contribution in [0.3, 0.4) is 0 Å². The molecule has 2 atom stereocenters. The van der Waals surface area contributed by atoms with Crippen LogP contribution in [0.5, 0.6) is 5.75 Å². The van der Waals surface area contributed by atoms with Gasteiger partial charge in [0.2, 0.25) is 6.41 Å². The summed E-state index contributed by atoms with van der Waals surface area (Å²) in [6.07, 6.45) is 3.25. The Morgan fingerprint density at radius 3 is 2.06 bits per heavy atom. The van der Waals surface area contributed by atoms with Crippen LogP contribution < -0.4 is 15.4 Å². The molecule has 0 spiro atoms. The Morgan fingerprint density at radius 1 is 0.980 bits per heavy atom. The number of amides is 2. The molecule has 2 N–H and O–H groups in total. The van der Waals surface area contributed by atoms with E-state index in [9.17, 15) is 23.6 Å². The first-order valence-corrected chi connectivity index (χ1v) is 17.2. The lowest BCUT2D eigenvalue weighted by molar-refractivity contribution is -0.105. The molecule has 0 aliphatic heterocycles. The summed E-state index contributed by atoms with van der Waals surface area (Å²) in [6.45, 7) is 22.3. The lowest BCUT2D eigenvalue weighted by Gasteiger charge is -2.23. The molecule has 6 nitrogen and oxygen atoms in total. The molecule has 0 aromatic heterocycles. The van der Waals surface area contributed by atoms with Gasteiger partial charge in [0.1, 0.15) is 17.4 Å². The van der Waals surface area contributed by atoms with Gasteiger partial charge in [0, 0.05) is 17.2 Å². The van der Waals surface area contributed by atoms with Crippen LogP contribution in [0.1, 0.15) is 116 Å². The minimum absolute atomic E-state index is 0.0706. The molecule has 3 aromatic carbocycles. The number of nitrogens with one attached hydrogen (secondary N) is 2. The smallest absolute Gasteiger partial charge is 0.251 e. The number of hydrogen-bond acceptors (Lipinski definition) is 4. The predicted octanol–water partition coefficient (Wildman–Crippen LogP) is 11.5. The number of carbonyl (C=O) groups excluding carboxylic acids is 2. The Morgan fingerprint density at radius 2 is 1.59 bits per heavy atom. The number of hydrogen-bond donors (Lipinski definition) is 2. The molecule has 272 valence electrons. The molecule has 2 unspecified atom stereocenters. The van der Waals surface area contributed by atoms with Gasteiger partial charge in [0.25, 0.3) is 5.91 Å². The zero-order chi connectivity index (χ0) is 38.2. The summed E-state index contributed by atoms with van der Waals surface area (Å²) in [5.74, 6) is -0.203. The second-order valence-corrected chi connectivity index (χ2v) is 12.7. The molecule has 0 aliphatic rings. The van der Waals surface area contributed by atoms with Crippen LogP contribution in [0.25, 0.3) is 0 Å². The summed E-state index contributed by atoms with van der Waals surface area (Å²) in [4.78, 5) is 22.1. The number of ether oxygens (including phenoxy) is 1. The van der Waals surface area contributed by atoms with Gasteiger partial charge in [-0.3, -0.25) is 9.59 Å². The third-order valence-electron chi connectivity index (χ3n) is 6.60. The Bertz CT molecular complexity index is 1400. The van der Waals surface area contributed by atoms with Crippen molar-refractivity contribution in [2.75, 3.05) is 12.4 Å². The lowest BCUT2D eigenvalue weighted by Crippen LogP contribution is -2.30. The van der Waals surface area contributed by atoms with E-state index in [4.69, 9.17) is 16.3 Å². The fourth-order valence-corrected chi connectivity index (χ4v) is 4.77. The summed E-state index contributed by atoms with van der Waals surface area (Å²) in [5.41, 5.74) is 2.43. The van der Waals surface area contributed by atoms with Crippen LogP contribution in [-0.4, -0.2) is 25.5 Å². The summed E-state index contributed by atoms with van der Waals surface area (Å²) in [6, 6.07) is 18.7. The van der Waals surface area contributed by atoms with Gasteiger partial charge in [-0.25, -0.2) is 8.78 Å². The zero-order valence-electron chi connectivity index (χ0n) is 31.5. The van der Waals surface area contributed by atoms with E-state index in [0.717, 1.165) is 12.8 Å². The molecule has 3 aromatic rings. The molecular formula is C40H58ClF2N3O3. The highest BCUT2D eigenvalue weighted by Gasteiger charge is 2.20. The summed E-state index contributed by atoms with van der Waals surface area (Å²) in [7, 11) is 1.48. The average Bonchev–Trinajstić information content (AvgIpc) is 3.06. The third-order valence-corrected chi connectivity index (χ3v) is 6.89. The Hall–Kier alpha value is -3.96. The number of nitriles is 1. The zero-order valence-corrected chi connectivity index (χ0v) is 32.3. The van der Waals surface area contributed by atoms with E-state index >= 15 is 0 Å². The van der Waals surface area contributed by atoms with Crippen LogP contribution in [0.4, 0.5) is 14.5 Å². The van der Waals surface area contributed by atoms with Crippen molar-refractivity contribution in [2.45, 2.75) is 107 Å². The van der Waals surface area contributed by atoms with Crippen molar-refractivity contribution in [3.63, 3.8) is 0 Å². The van der Waals surface area contributed by atoms with Gasteiger partial charge in [-0.2, -0.15) is 5.26 Å². The quantitative estimate of drug-likeness (QED) is 0.206. The number of nitrogens with zero attached hydrogens (tertiary/aromatic N) is 1. The van der Waals surface area contributed by atoms with Gasteiger partial charge >= 0.3 is 0 Å². The van der Waals surface area contributed by atoms with Gasteiger partial charge in [-0.15, -0.1) is 0 Å². The van der Waals surface area contributed by atoms with E-state index in [1.165, 1.54) is 19.2 Å². The van der Waals surface area contributed by atoms with E-state index in [2.05, 4.69) is 44.4 Å². The molecule has 0 heterocycles. The Labute approximate surface area is 299 Å². The fraction of sp³-hybridized carbons (Fsp3) is 0.475. The molecule has 0 saturated carbocycles. The molecule has 0 fully saturated rings. The summed E-state index contributed by atoms with van der Waals surface area (Å²) >= 11 is 5.78. The highest BCUT2D eigenvalue weighted by Crippen LogP contribution is 2.32. The normalized spacial score (nSPS) is 11.2. The van der Waals surface area contributed by atoms with Crippen molar-refractivity contribution < 1.29 is 23.1 Å². The maximum absolute atomic E-state index is 14.0. The topological polar surface area (TPSA) is 91.2 Å². The molecule has 3 rings (SSSR count). The highest BCUT2D eigenvalue weighted by atomic mass is 35.5. The van der Waals surface area contributed by atoms with Gasteiger partial charge in [-0.1, -0.05) is 97.3 Å². The Kier molecular flexibility index (Phi) is 25.0. The molecule has 49 heavy (non-hydrogen) atoms. The second kappa shape index (κ2) is 26.0. The number of rotatable bonds is 10.